The minimum atomic E-state index is -0.689. The second-order valence-electron chi connectivity index (χ2n) is 4.23. The van der Waals surface area contributed by atoms with Crippen LogP contribution in [0.2, 0.25) is 0 Å². The van der Waals surface area contributed by atoms with Gasteiger partial charge in [0.15, 0.2) is 0 Å². The van der Waals surface area contributed by atoms with Crippen molar-refractivity contribution in [1.82, 2.24) is 4.90 Å². The van der Waals surface area contributed by atoms with Crippen LogP contribution in [0.5, 0.6) is 0 Å². The van der Waals surface area contributed by atoms with Gasteiger partial charge >= 0.3 is 0 Å². The highest BCUT2D eigenvalue weighted by Crippen LogP contribution is 2.20. The van der Waals surface area contributed by atoms with Crippen LogP contribution in [0.4, 0.5) is 0 Å². The molecule has 3 nitrogen and oxygen atoms in total. The molecule has 1 atom stereocenters. The van der Waals surface area contributed by atoms with Gasteiger partial charge < -0.3 is 10.0 Å². The van der Waals surface area contributed by atoms with Crippen LogP contribution in [0.3, 0.4) is 0 Å². The number of rotatable bonds is 1. The maximum absolute atomic E-state index is 11.5. The predicted octanol–water partition coefficient (Wildman–Crippen LogP) is 0.936. The summed E-state index contributed by atoms with van der Waals surface area (Å²) in [5.74, 6) is 0.0118. The average Bonchev–Trinajstić information content (AvgIpc) is 2.28. The lowest BCUT2D eigenvalue weighted by molar-refractivity contribution is -0.125. The van der Waals surface area contributed by atoms with Crippen LogP contribution in [-0.2, 0) is 4.79 Å². The van der Waals surface area contributed by atoms with Gasteiger partial charge in [0, 0.05) is 19.2 Å². The van der Waals surface area contributed by atoms with Crippen molar-refractivity contribution >= 4 is 5.91 Å². The van der Waals surface area contributed by atoms with Gasteiger partial charge in [-0.15, -0.1) is 0 Å². The summed E-state index contributed by atoms with van der Waals surface area (Å²) in [6, 6.07) is 0. The molecule has 0 aromatic heterocycles. The lowest BCUT2D eigenvalue weighted by Crippen LogP contribution is -2.32. The molecule has 1 heterocycles. The highest BCUT2D eigenvalue weighted by molar-refractivity contribution is 5.88. The molecule has 0 aromatic rings. The van der Waals surface area contributed by atoms with Crippen molar-refractivity contribution in [2.75, 3.05) is 13.1 Å². The van der Waals surface area contributed by atoms with Crippen molar-refractivity contribution in [3.63, 3.8) is 0 Å². The van der Waals surface area contributed by atoms with E-state index in [1.807, 2.05) is 13.8 Å². The molecule has 0 spiro atoms. The third kappa shape index (κ3) is 2.84. The molecule has 1 N–H and O–H groups in total. The van der Waals surface area contributed by atoms with Gasteiger partial charge in [0.25, 0.3) is 0 Å². The summed E-state index contributed by atoms with van der Waals surface area (Å²) in [6.07, 6.45) is 2.29. The molecule has 1 unspecified atom stereocenters. The van der Waals surface area contributed by atoms with Crippen LogP contribution in [-0.4, -0.2) is 34.6 Å². The van der Waals surface area contributed by atoms with Crippen LogP contribution in [0.15, 0.2) is 11.6 Å². The summed E-state index contributed by atoms with van der Waals surface area (Å²) in [4.78, 5) is 13.2. The summed E-state index contributed by atoms with van der Waals surface area (Å²) in [7, 11) is 0. The van der Waals surface area contributed by atoms with Crippen molar-refractivity contribution in [2.45, 2.75) is 32.8 Å². The van der Waals surface area contributed by atoms with E-state index in [-0.39, 0.29) is 5.91 Å². The summed E-state index contributed by atoms with van der Waals surface area (Å²) in [5, 5.41) is 9.63. The Kier molecular flexibility index (Phi) is 2.76. The number of β-amino-alcohol motifs (C(OH)–C–C–N with tert-alkyl or cyclic N) is 1. The Bertz CT molecular complexity index is 239. The number of aliphatic hydroxyl groups is 1. The van der Waals surface area contributed by atoms with Crippen LogP contribution in [0, 0.1) is 0 Å². The summed E-state index contributed by atoms with van der Waals surface area (Å²) in [6.45, 7) is 6.67. The molecule has 1 aliphatic rings. The fourth-order valence-electron chi connectivity index (χ4n) is 1.47. The molecule has 0 saturated carbocycles. The molecule has 1 fully saturated rings. The first kappa shape index (κ1) is 10.3. The molecular weight excluding hydrogens is 166 g/mol. The molecule has 0 bridgehead atoms. The quantitative estimate of drug-likeness (QED) is 0.614. The molecule has 13 heavy (non-hydrogen) atoms. The maximum atomic E-state index is 11.5. The molecule has 0 aliphatic carbocycles. The van der Waals surface area contributed by atoms with E-state index in [9.17, 15) is 9.90 Å². The van der Waals surface area contributed by atoms with E-state index in [1.165, 1.54) is 0 Å². The Morgan fingerprint density at radius 3 is 2.54 bits per heavy atom. The largest absolute Gasteiger partial charge is 0.388 e. The second-order valence-corrected chi connectivity index (χ2v) is 4.23. The average molecular weight is 183 g/mol. The monoisotopic (exact) mass is 183 g/mol. The van der Waals surface area contributed by atoms with Crippen molar-refractivity contribution < 1.29 is 9.90 Å². The van der Waals surface area contributed by atoms with Crippen LogP contribution < -0.4 is 0 Å². The van der Waals surface area contributed by atoms with Crippen molar-refractivity contribution in [2.24, 2.45) is 0 Å². The minimum Gasteiger partial charge on any atom is -0.388 e. The molecule has 1 aliphatic heterocycles. The standard InChI is InChI=1S/C10H17NO2/c1-8(2)6-9(12)11-5-4-10(3,13)7-11/h6,13H,4-5,7H2,1-3H3. The normalized spacial score (nSPS) is 27.5. The zero-order valence-electron chi connectivity index (χ0n) is 8.50. The predicted molar refractivity (Wildman–Crippen MR) is 51.3 cm³/mol. The smallest absolute Gasteiger partial charge is 0.246 e. The zero-order valence-corrected chi connectivity index (χ0v) is 8.50. The van der Waals surface area contributed by atoms with E-state index >= 15 is 0 Å². The highest BCUT2D eigenvalue weighted by atomic mass is 16.3. The molecule has 1 rings (SSSR count). The molecule has 0 radical (unpaired) electrons. The number of likely N-dealkylation sites (tertiary alicyclic amines) is 1. The number of hydrogen-bond donors (Lipinski definition) is 1. The fraction of sp³-hybridized carbons (Fsp3) is 0.700. The molecule has 3 heteroatoms. The van der Waals surface area contributed by atoms with E-state index in [0.29, 0.717) is 19.5 Å². The zero-order chi connectivity index (χ0) is 10.1. The van der Waals surface area contributed by atoms with Crippen LogP contribution >= 0.6 is 0 Å². The summed E-state index contributed by atoms with van der Waals surface area (Å²) in [5.41, 5.74) is 0.307. The maximum Gasteiger partial charge on any atom is 0.246 e. The topological polar surface area (TPSA) is 40.5 Å². The van der Waals surface area contributed by atoms with Gasteiger partial charge in [-0.1, -0.05) is 5.57 Å². The molecule has 1 saturated heterocycles. The van der Waals surface area contributed by atoms with E-state index in [4.69, 9.17) is 0 Å². The Hall–Kier alpha value is -0.830. The Balaban J connectivity index is 2.57. The fourth-order valence-corrected chi connectivity index (χ4v) is 1.47. The van der Waals surface area contributed by atoms with E-state index in [0.717, 1.165) is 5.57 Å². The van der Waals surface area contributed by atoms with Gasteiger partial charge in [0.1, 0.15) is 0 Å². The number of amides is 1. The third-order valence-corrected chi connectivity index (χ3v) is 2.18. The van der Waals surface area contributed by atoms with Gasteiger partial charge in [-0.05, 0) is 27.2 Å². The van der Waals surface area contributed by atoms with E-state index < -0.39 is 5.60 Å². The Morgan fingerprint density at radius 1 is 1.54 bits per heavy atom. The van der Waals surface area contributed by atoms with Gasteiger partial charge in [-0.25, -0.2) is 0 Å². The van der Waals surface area contributed by atoms with Gasteiger partial charge in [-0.2, -0.15) is 0 Å². The molecule has 0 aromatic carbocycles. The lowest BCUT2D eigenvalue weighted by atomic mass is 10.1. The van der Waals surface area contributed by atoms with Gasteiger partial charge in [-0.3, -0.25) is 4.79 Å². The van der Waals surface area contributed by atoms with Crippen molar-refractivity contribution in [3.05, 3.63) is 11.6 Å². The van der Waals surface area contributed by atoms with Crippen LogP contribution in [0.1, 0.15) is 27.2 Å². The number of carbonyl (C=O) groups is 1. The number of carbonyl (C=O) groups excluding carboxylic acids is 1. The first-order valence-electron chi connectivity index (χ1n) is 4.57. The number of hydrogen-bond acceptors (Lipinski definition) is 2. The second kappa shape index (κ2) is 3.50. The van der Waals surface area contributed by atoms with E-state index in [1.54, 1.807) is 17.9 Å². The molecule has 74 valence electrons. The highest BCUT2D eigenvalue weighted by Gasteiger charge is 2.32. The van der Waals surface area contributed by atoms with E-state index in [2.05, 4.69) is 0 Å². The Labute approximate surface area is 79.0 Å². The summed E-state index contributed by atoms with van der Waals surface area (Å²) < 4.78 is 0. The van der Waals surface area contributed by atoms with Crippen molar-refractivity contribution in [3.8, 4) is 0 Å². The number of allylic oxidation sites excluding steroid dienone is 1. The molecular formula is C10H17NO2. The van der Waals surface area contributed by atoms with Gasteiger partial charge in [0.05, 0.1) is 5.60 Å². The lowest BCUT2D eigenvalue weighted by Gasteiger charge is -2.17. The molecule has 1 amide bonds. The third-order valence-electron chi connectivity index (χ3n) is 2.18. The minimum absolute atomic E-state index is 0.0118. The van der Waals surface area contributed by atoms with Crippen LogP contribution in [0.25, 0.3) is 0 Å². The first-order valence-corrected chi connectivity index (χ1v) is 4.57. The van der Waals surface area contributed by atoms with Gasteiger partial charge in [0.2, 0.25) is 5.91 Å². The Morgan fingerprint density at radius 2 is 2.15 bits per heavy atom. The summed E-state index contributed by atoms with van der Waals surface area (Å²) >= 11 is 0. The number of nitrogens with zero attached hydrogens (tertiary/aromatic N) is 1. The SMILES string of the molecule is CC(C)=CC(=O)N1CCC(C)(O)C1. The van der Waals surface area contributed by atoms with Crippen molar-refractivity contribution in [1.29, 1.82) is 0 Å². The first-order chi connectivity index (χ1) is 5.91.